The zero-order chi connectivity index (χ0) is 23.6. The Kier molecular flexibility index (Phi) is 8.10. The summed E-state index contributed by atoms with van der Waals surface area (Å²) in [5, 5.41) is 51.3. The third kappa shape index (κ3) is 5.29. The van der Waals surface area contributed by atoms with Gasteiger partial charge in [0.2, 0.25) is 0 Å². The maximum absolute atomic E-state index is 11.0. The van der Waals surface area contributed by atoms with Crippen LogP contribution in [0.4, 0.5) is 0 Å². The highest BCUT2D eigenvalue weighted by Crippen LogP contribution is 2.37. The van der Waals surface area contributed by atoms with Crippen molar-refractivity contribution >= 4 is 22.6 Å². The van der Waals surface area contributed by atoms with Crippen LogP contribution in [0, 0.1) is 0 Å². The van der Waals surface area contributed by atoms with Gasteiger partial charge in [-0.2, -0.15) is 0 Å². The molecule has 7 heteroatoms. The van der Waals surface area contributed by atoms with Crippen LogP contribution in [0.3, 0.4) is 0 Å². The summed E-state index contributed by atoms with van der Waals surface area (Å²) >= 11 is 2.32. The van der Waals surface area contributed by atoms with Crippen molar-refractivity contribution in [3.63, 3.8) is 0 Å². The number of aliphatic hydroxyl groups is 5. The van der Waals surface area contributed by atoms with Gasteiger partial charge in [0.05, 0.1) is 12.2 Å². The monoisotopic (exact) mass is 568 g/mol. The lowest BCUT2D eigenvalue weighted by molar-refractivity contribution is -0.231. The number of hydrogen-bond acceptors (Lipinski definition) is 6. The van der Waals surface area contributed by atoms with Crippen LogP contribution in [0.25, 0.3) is 0 Å². The molecule has 0 radical (unpaired) electrons. The Morgan fingerprint density at radius 2 is 1.58 bits per heavy atom. The number of benzene rings is 2. The molecule has 0 amide bonds. The van der Waals surface area contributed by atoms with Crippen LogP contribution >= 0.6 is 22.6 Å². The van der Waals surface area contributed by atoms with E-state index in [2.05, 4.69) is 34.7 Å². The fraction of sp³-hybridized carbons (Fsp3) is 0.538. The smallest absolute Gasteiger partial charge is 0.113 e. The Bertz CT molecular complexity index is 925. The van der Waals surface area contributed by atoms with Crippen molar-refractivity contribution in [3.05, 3.63) is 70.3 Å². The summed E-state index contributed by atoms with van der Waals surface area (Å²) in [7, 11) is 0. The van der Waals surface area contributed by atoms with Gasteiger partial charge in [0, 0.05) is 4.43 Å². The van der Waals surface area contributed by atoms with E-state index in [1.807, 2.05) is 30.3 Å². The SMILES string of the molecule is OC[C@H]1O[C@@H](c2ccc(CI)c(Cc3ccc(C4(O)CCCCC4)cc3)c2)C(O)[C@@H](O)[C@@H]1O. The number of ether oxygens (including phenoxy) is 1. The summed E-state index contributed by atoms with van der Waals surface area (Å²) in [6, 6.07) is 14.0. The number of alkyl halides is 1. The van der Waals surface area contributed by atoms with Gasteiger partial charge in [-0.3, -0.25) is 0 Å². The highest BCUT2D eigenvalue weighted by Gasteiger charge is 2.44. The van der Waals surface area contributed by atoms with Gasteiger partial charge in [0.25, 0.3) is 0 Å². The molecule has 4 rings (SSSR count). The van der Waals surface area contributed by atoms with Crippen LogP contribution in [-0.4, -0.2) is 56.6 Å². The molecular formula is C26H33IO6. The molecule has 6 nitrogen and oxygen atoms in total. The molecule has 2 aliphatic rings. The highest BCUT2D eigenvalue weighted by molar-refractivity contribution is 14.1. The Hall–Kier alpha value is -1.07. The van der Waals surface area contributed by atoms with Gasteiger partial charge in [0.15, 0.2) is 0 Å². The quantitative estimate of drug-likeness (QED) is 0.271. The van der Waals surface area contributed by atoms with Gasteiger partial charge in [-0.1, -0.05) is 84.3 Å². The van der Waals surface area contributed by atoms with E-state index in [0.717, 1.165) is 46.8 Å². The first kappa shape index (κ1) is 25.0. The van der Waals surface area contributed by atoms with Crippen molar-refractivity contribution in [3.8, 4) is 0 Å². The van der Waals surface area contributed by atoms with E-state index in [-0.39, 0.29) is 0 Å². The van der Waals surface area contributed by atoms with Crippen molar-refractivity contribution in [2.24, 2.45) is 0 Å². The van der Waals surface area contributed by atoms with Gasteiger partial charge in [-0.05, 0) is 47.1 Å². The van der Waals surface area contributed by atoms with E-state index in [0.29, 0.717) is 12.0 Å². The predicted molar refractivity (Wildman–Crippen MR) is 133 cm³/mol. The standard InChI is InChI=1S/C26H33IO6/c27-14-18-7-6-17(25-24(31)23(30)22(29)21(15-28)33-25)13-19(18)12-16-4-8-20(9-5-16)26(32)10-2-1-3-11-26/h4-9,13,21-25,28-32H,1-3,10-12,14-15H2/t21-,22-,23+,24?,25+/m1/s1. The zero-order valence-electron chi connectivity index (χ0n) is 18.6. The molecule has 1 saturated carbocycles. The van der Waals surface area contributed by atoms with Crippen molar-refractivity contribution in [2.75, 3.05) is 6.61 Å². The minimum atomic E-state index is -1.40. The minimum absolute atomic E-state index is 0.446. The molecule has 2 fully saturated rings. The number of rotatable bonds is 6. The third-order valence-corrected chi connectivity index (χ3v) is 7.98. The maximum atomic E-state index is 11.0. The molecule has 1 aliphatic heterocycles. The first-order chi connectivity index (χ1) is 15.9. The average Bonchev–Trinajstić information content (AvgIpc) is 2.84. The fourth-order valence-corrected chi connectivity index (χ4v) is 5.82. The molecule has 1 heterocycles. The van der Waals surface area contributed by atoms with E-state index < -0.39 is 42.7 Å². The molecule has 0 aromatic heterocycles. The molecule has 0 bridgehead atoms. The minimum Gasteiger partial charge on any atom is -0.394 e. The Morgan fingerprint density at radius 3 is 2.21 bits per heavy atom. The third-order valence-electron chi connectivity index (χ3n) is 7.16. The zero-order valence-corrected chi connectivity index (χ0v) is 20.8. The molecule has 1 unspecified atom stereocenters. The second kappa shape index (κ2) is 10.7. The molecule has 0 spiro atoms. The fourth-order valence-electron chi connectivity index (χ4n) is 5.07. The molecule has 5 atom stereocenters. The highest BCUT2D eigenvalue weighted by atomic mass is 127. The maximum Gasteiger partial charge on any atom is 0.113 e. The van der Waals surface area contributed by atoms with E-state index in [4.69, 9.17) is 4.74 Å². The van der Waals surface area contributed by atoms with Crippen molar-refractivity contribution < 1.29 is 30.3 Å². The van der Waals surface area contributed by atoms with Crippen LogP contribution < -0.4 is 0 Å². The normalized spacial score (nSPS) is 29.7. The molecule has 2 aromatic carbocycles. The number of hydrogen-bond donors (Lipinski definition) is 5. The predicted octanol–water partition coefficient (Wildman–Crippen LogP) is 2.88. The van der Waals surface area contributed by atoms with Gasteiger partial charge in [-0.15, -0.1) is 0 Å². The Morgan fingerprint density at radius 1 is 0.879 bits per heavy atom. The second-order valence-corrected chi connectivity index (χ2v) is 10.1. The van der Waals surface area contributed by atoms with Crippen molar-refractivity contribution in [1.82, 2.24) is 0 Å². The van der Waals surface area contributed by atoms with Crippen LogP contribution in [0.5, 0.6) is 0 Å². The summed E-state index contributed by atoms with van der Waals surface area (Å²) in [5.41, 5.74) is 4.34. The molecular weight excluding hydrogens is 535 g/mol. The largest absolute Gasteiger partial charge is 0.394 e. The van der Waals surface area contributed by atoms with E-state index in [9.17, 15) is 25.5 Å². The van der Waals surface area contributed by atoms with E-state index >= 15 is 0 Å². The summed E-state index contributed by atoms with van der Waals surface area (Å²) in [6.07, 6.45) is -0.227. The second-order valence-electron chi connectivity index (χ2n) is 9.38. The van der Waals surface area contributed by atoms with Crippen molar-refractivity contribution in [2.45, 2.75) is 79.1 Å². The molecule has 2 aromatic rings. The average molecular weight is 568 g/mol. The summed E-state index contributed by atoms with van der Waals surface area (Å²) in [6.45, 7) is -0.446. The lowest BCUT2D eigenvalue weighted by atomic mass is 9.79. The molecule has 1 saturated heterocycles. The molecule has 180 valence electrons. The Labute approximate surface area is 208 Å². The van der Waals surface area contributed by atoms with Gasteiger partial charge >= 0.3 is 0 Å². The van der Waals surface area contributed by atoms with Crippen LogP contribution in [-0.2, 0) is 21.2 Å². The summed E-state index contributed by atoms with van der Waals surface area (Å²) in [5.74, 6) is 0. The van der Waals surface area contributed by atoms with Crippen LogP contribution in [0.1, 0.15) is 66.0 Å². The van der Waals surface area contributed by atoms with Crippen LogP contribution in [0.15, 0.2) is 42.5 Å². The lowest BCUT2D eigenvalue weighted by Crippen LogP contribution is -2.55. The van der Waals surface area contributed by atoms with Gasteiger partial charge < -0.3 is 30.3 Å². The first-order valence-electron chi connectivity index (χ1n) is 11.7. The van der Waals surface area contributed by atoms with E-state index in [1.165, 1.54) is 12.0 Å². The lowest BCUT2D eigenvalue weighted by Gasteiger charge is -2.40. The number of aliphatic hydroxyl groups excluding tert-OH is 4. The number of halogens is 1. The molecule has 33 heavy (non-hydrogen) atoms. The van der Waals surface area contributed by atoms with Gasteiger partial charge in [0.1, 0.15) is 30.5 Å². The Balaban J connectivity index is 1.56. The summed E-state index contributed by atoms with van der Waals surface area (Å²) < 4.78 is 6.57. The topological polar surface area (TPSA) is 110 Å². The molecule has 5 N–H and O–H groups in total. The van der Waals surface area contributed by atoms with Gasteiger partial charge in [-0.25, -0.2) is 0 Å². The summed E-state index contributed by atoms with van der Waals surface area (Å²) in [4.78, 5) is 0. The van der Waals surface area contributed by atoms with Crippen molar-refractivity contribution in [1.29, 1.82) is 0 Å². The van der Waals surface area contributed by atoms with Crippen LogP contribution in [0.2, 0.25) is 0 Å². The van der Waals surface area contributed by atoms with E-state index in [1.54, 1.807) is 0 Å². The molecule has 1 aliphatic carbocycles. The first-order valence-corrected chi connectivity index (χ1v) is 13.2.